The number of aliphatic hydroxyl groups excluding tert-OH is 1. The largest absolute Gasteiger partial charge is 0.465 e. The predicted octanol–water partition coefficient (Wildman–Crippen LogP) is 1.80. The second-order valence-electron chi connectivity index (χ2n) is 6.24. The van der Waals surface area contributed by atoms with Crippen molar-refractivity contribution in [3.8, 4) is 0 Å². The number of fused-ring (bicyclic) bond motifs is 1. The minimum Gasteiger partial charge on any atom is -0.465 e. The van der Waals surface area contributed by atoms with Gasteiger partial charge in [-0.05, 0) is 25.5 Å². The van der Waals surface area contributed by atoms with Crippen LogP contribution in [0, 0.1) is 0 Å². The molecule has 1 N–H and O–H groups in total. The van der Waals surface area contributed by atoms with Gasteiger partial charge in [-0.1, -0.05) is 18.2 Å². The van der Waals surface area contributed by atoms with Crippen LogP contribution in [-0.4, -0.2) is 60.3 Å². The second-order valence-corrected chi connectivity index (χ2v) is 6.24. The molecule has 2 heterocycles. The summed E-state index contributed by atoms with van der Waals surface area (Å²) in [5, 5.41) is 10.8. The van der Waals surface area contributed by atoms with E-state index < -0.39 is 0 Å². The number of ether oxygens (including phenoxy) is 1. The fraction of sp³-hybridized carbons (Fsp3) is 0.474. The van der Waals surface area contributed by atoms with Crippen molar-refractivity contribution in [2.45, 2.75) is 20.0 Å². The van der Waals surface area contributed by atoms with Crippen LogP contribution in [0.1, 0.15) is 18.9 Å². The lowest BCUT2D eigenvalue weighted by molar-refractivity contribution is -0.144. The van der Waals surface area contributed by atoms with Crippen molar-refractivity contribution in [2.75, 3.05) is 44.2 Å². The molecule has 1 saturated heterocycles. The van der Waals surface area contributed by atoms with Crippen LogP contribution in [0.3, 0.4) is 0 Å². The Balaban J connectivity index is 1.76. The zero-order valence-corrected chi connectivity index (χ0v) is 14.6. The molecule has 25 heavy (non-hydrogen) atoms. The van der Waals surface area contributed by atoms with Gasteiger partial charge in [-0.25, -0.2) is 4.98 Å². The number of nitrogens with zero attached hydrogens (tertiary/aromatic N) is 3. The molecule has 0 aliphatic carbocycles. The zero-order chi connectivity index (χ0) is 17.6. The molecule has 0 bridgehead atoms. The van der Waals surface area contributed by atoms with Gasteiger partial charge >= 0.3 is 5.97 Å². The zero-order valence-electron chi connectivity index (χ0n) is 14.6. The molecule has 1 aromatic heterocycles. The lowest BCUT2D eigenvalue weighted by Gasteiger charge is -2.24. The Kier molecular flexibility index (Phi) is 5.83. The lowest BCUT2D eigenvalue weighted by Crippen LogP contribution is -2.35. The number of anilines is 1. The molecule has 1 fully saturated rings. The van der Waals surface area contributed by atoms with Gasteiger partial charge in [-0.2, -0.15) is 0 Å². The Bertz CT molecular complexity index is 735. The monoisotopic (exact) mass is 343 g/mol. The molecule has 1 aliphatic rings. The highest BCUT2D eigenvalue weighted by Gasteiger charge is 2.20. The molecule has 1 aliphatic heterocycles. The highest BCUT2D eigenvalue weighted by atomic mass is 16.5. The quantitative estimate of drug-likeness (QED) is 0.835. The summed E-state index contributed by atoms with van der Waals surface area (Å²) in [6.45, 7) is 5.81. The Morgan fingerprint density at radius 3 is 2.88 bits per heavy atom. The predicted molar refractivity (Wildman–Crippen MR) is 97.6 cm³/mol. The molecule has 6 heteroatoms. The molecule has 6 nitrogen and oxygen atoms in total. The number of aromatic nitrogens is 1. The van der Waals surface area contributed by atoms with E-state index in [-0.39, 0.29) is 12.6 Å². The number of esters is 1. The highest BCUT2D eigenvalue weighted by molar-refractivity contribution is 5.81. The first-order valence-corrected chi connectivity index (χ1v) is 8.83. The van der Waals surface area contributed by atoms with E-state index in [1.165, 1.54) is 0 Å². The maximum absolute atomic E-state index is 11.7. The maximum Gasteiger partial charge on any atom is 0.320 e. The smallest absolute Gasteiger partial charge is 0.320 e. The van der Waals surface area contributed by atoms with Crippen LogP contribution >= 0.6 is 0 Å². The van der Waals surface area contributed by atoms with Crippen molar-refractivity contribution in [1.82, 2.24) is 9.88 Å². The Morgan fingerprint density at radius 2 is 2.08 bits per heavy atom. The normalized spacial score (nSPS) is 16.0. The summed E-state index contributed by atoms with van der Waals surface area (Å²) in [6, 6.07) is 9.96. The van der Waals surface area contributed by atoms with Crippen LogP contribution in [0.5, 0.6) is 0 Å². The fourth-order valence-electron chi connectivity index (χ4n) is 3.27. The van der Waals surface area contributed by atoms with E-state index >= 15 is 0 Å². The SMILES string of the molecule is CCOC(=O)CN1CCCN(c2nc3ccccc3cc2CO)CC1. The summed E-state index contributed by atoms with van der Waals surface area (Å²) in [6.07, 6.45) is 0.943. The van der Waals surface area contributed by atoms with E-state index in [0.717, 1.165) is 54.9 Å². The summed E-state index contributed by atoms with van der Waals surface area (Å²) in [7, 11) is 0. The van der Waals surface area contributed by atoms with E-state index in [0.29, 0.717) is 13.2 Å². The molecule has 0 unspecified atom stereocenters. The van der Waals surface area contributed by atoms with Gasteiger partial charge < -0.3 is 14.7 Å². The molecule has 2 aromatic rings. The van der Waals surface area contributed by atoms with Crippen molar-refractivity contribution in [2.24, 2.45) is 0 Å². The third-order valence-electron chi connectivity index (χ3n) is 4.50. The van der Waals surface area contributed by atoms with E-state index in [2.05, 4.69) is 9.80 Å². The molecule has 0 spiro atoms. The number of para-hydroxylation sites is 1. The Labute approximate surface area is 148 Å². The maximum atomic E-state index is 11.7. The molecule has 0 amide bonds. The summed E-state index contributed by atoms with van der Waals surface area (Å²) in [5.41, 5.74) is 1.78. The number of benzene rings is 1. The van der Waals surface area contributed by atoms with Gasteiger partial charge in [0.2, 0.25) is 0 Å². The molecule has 134 valence electrons. The number of rotatable bonds is 5. The first kappa shape index (κ1) is 17.6. The number of aliphatic hydroxyl groups is 1. The summed E-state index contributed by atoms with van der Waals surface area (Å²) < 4.78 is 5.04. The van der Waals surface area contributed by atoms with Crippen LogP contribution in [0.25, 0.3) is 10.9 Å². The molecule has 0 radical (unpaired) electrons. The van der Waals surface area contributed by atoms with Crippen molar-refractivity contribution in [3.05, 3.63) is 35.9 Å². The molecule has 0 saturated carbocycles. The number of carbonyl (C=O) groups excluding carboxylic acids is 1. The number of hydrogen-bond donors (Lipinski definition) is 1. The van der Waals surface area contributed by atoms with Crippen LogP contribution in [-0.2, 0) is 16.1 Å². The van der Waals surface area contributed by atoms with E-state index in [4.69, 9.17) is 9.72 Å². The van der Waals surface area contributed by atoms with Crippen LogP contribution in [0.15, 0.2) is 30.3 Å². The van der Waals surface area contributed by atoms with Crippen molar-refractivity contribution < 1.29 is 14.6 Å². The molecule has 3 rings (SSSR count). The molecular formula is C19H25N3O3. The number of carbonyl (C=O) groups is 1. The average Bonchev–Trinajstić information content (AvgIpc) is 2.86. The van der Waals surface area contributed by atoms with Crippen LogP contribution in [0.4, 0.5) is 5.82 Å². The number of hydrogen-bond acceptors (Lipinski definition) is 6. The lowest BCUT2D eigenvalue weighted by atomic mass is 10.1. The van der Waals surface area contributed by atoms with Gasteiger partial charge in [0.1, 0.15) is 5.82 Å². The van der Waals surface area contributed by atoms with E-state index in [9.17, 15) is 9.90 Å². The third kappa shape index (κ3) is 4.27. The molecular weight excluding hydrogens is 318 g/mol. The van der Waals surface area contributed by atoms with E-state index in [1.54, 1.807) is 0 Å². The summed E-state index contributed by atoms with van der Waals surface area (Å²) in [5.74, 6) is 0.676. The first-order valence-electron chi connectivity index (χ1n) is 8.83. The fourth-order valence-corrected chi connectivity index (χ4v) is 3.27. The van der Waals surface area contributed by atoms with Crippen molar-refractivity contribution >= 4 is 22.7 Å². The minimum atomic E-state index is -0.171. The van der Waals surface area contributed by atoms with Crippen LogP contribution in [0.2, 0.25) is 0 Å². The molecule has 0 atom stereocenters. The number of pyridine rings is 1. The first-order chi connectivity index (χ1) is 12.2. The average molecular weight is 343 g/mol. The molecule has 1 aromatic carbocycles. The Hall–Kier alpha value is -2.18. The van der Waals surface area contributed by atoms with Gasteiger partial charge in [0.25, 0.3) is 0 Å². The van der Waals surface area contributed by atoms with Crippen LogP contribution < -0.4 is 4.90 Å². The second kappa shape index (κ2) is 8.27. The summed E-state index contributed by atoms with van der Waals surface area (Å²) >= 11 is 0. The standard InChI is InChI=1S/C19H25N3O3/c1-2-25-18(24)13-21-8-5-9-22(11-10-21)19-16(14-23)12-15-6-3-4-7-17(15)20-19/h3-4,6-7,12,23H,2,5,8-11,13-14H2,1H3. The Morgan fingerprint density at radius 1 is 1.24 bits per heavy atom. The van der Waals surface area contributed by atoms with Gasteiger partial charge in [0.15, 0.2) is 0 Å². The van der Waals surface area contributed by atoms with Crippen molar-refractivity contribution in [1.29, 1.82) is 0 Å². The van der Waals surface area contributed by atoms with Gasteiger partial charge in [0.05, 0.1) is 25.3 Å². The van der Waals surface area contributed by atoms with Gasteiger partial charge in [-0.15, -0.1) is 0 Å². The minimum absolute atomic E-state index is 0.0315. The summed E-state index contributed by atoms with van der Waals surface area (Å²) in [4.78, 5) is 20.8. The van der Waals surface area contributed by atoms with Gasteiger partial charge in [0, 0.05) is 37.1 Å². The van der Waals surface area contributed by atoms with E-state index in [1.807, 2.05) is 37.3 Å². The highest BCUT2D eigenvalue weighted by Crippen LogP contribution is 2.24. The third-order valence-corrected chi connectivity index (χ3v) is 4.50. The van der Waals surface area contributed by atoms with Gasteiger partial charge in [-0.3, -0.25) is 9.69 Å². The van der Waals surface area contributed by atoms with Crippen molar-refractivity contribution in [3.63, 3.8) is 0 Å². The topological polar surface area (TPSA) is 65.9 Å².